The van der Waals surface area contributed by atoms with Gasteiger partial charge in [-0.3, -0.25) is 0 Å². The highest BCUT2D eigenvalue weighted by Crippen LogP contribution is 2.50. The molecule has 31 heavy (non-hydrogen) atoms. The average molecular weight is 478 g/mol. The molecule has 8 nitrogen and oxygen atoms in total. The number of hydrogen-bond acceptors (Lipinski definition) is 8. The fourth-order valence-electron chi connectivity index (χ4n) is 1.47. The molecule has 0 rings (SSSR count). The zero-order chi connectivity index (χ0) is 24.6. The summed E-state index contributed by atoms with van der Waals surface area (Å²) in [6.07, 6.45) is -5.07. The molecular weight excluding hydrogens is 446 g/mol. The van der Waals surface area contributed by atoms with Crippen molar-refractivity contribution < 1.29 is 65.0 Å². The number of ether oxygens (including phenoxy) is 6. The first kappa shape index (κ1) is 32.4. The topological polar surface area (TPSA) is 95.8 Å². The van der Waals surface area contributed by atoms with Crippen molar-refractivity contribution in [2.24, 2.45) is 0 Å². The molecule has 1 atom stereocenters. The Labute approximate surface area is 177 Å². The van der Waals surface area contributed by atoms with Crippen LogP contribution in [0.15, 0.2) is 0 Å². The fourth-order valence-corrected chi connectivity index (χ4v) is 1.47. The molecule has 1 unspecified atom stereocenters. The monoisotopic (exact) mass is 478 g/mol. The molecular formula is C17H32F6O8. The summed E-state index contributed by atoms with van der Waals surface area (Å²) >= 11 is 0. The smallest absolute Gasteiger partial charge is 0.394 e. The van der Waals surface area contributed by atoms with Crippen LogP contribution >= 0.6 is 0 Å². The number of aliphatic hydroxyl groups is 2. The molecule has 14 heteroatoms. The van der Waals surface area contributed by atoms with E-state index >= 15 is 0 Å². The molecule has 0 saturated heterocycles. The van der Waals surface area contributed by atoms with Crippen LogP contribution in [0.4, 0.5) is 26.3 Å². The molecule has 0 aromatic carbocycles. The van der Waals surface area contributed by atoms with Crippen molar-refractivity contribution in [1.29, 1.82) is 0 Å². The van der Waals surface area contributed by atoms with E-state index in [9.17, 15) is 26.3 Å². The van der Waals surface area contributed by atoms with E-state index in [1.54, 1.807) is 0 Å². The van der Waals surface area contributed by atoms with E-state index in [-0.39, 0.29) is 60.8 Å². The van der Waals surface area contributed by atoms with Gasteiger partial charge in [-0.15, -0.1) is 0 Å². The highest BCUT2D eigenvalue weighted by molar-refractivity contribution is 5.05. The maximum atomic E-state index is 13.4. The summed E-state index contributed by atoms with van der Waals surface area (Å²) in [7, 11) is 0.287. The van der Waals surface area contributed by atoms with E-state index in [4.69, 9.17) is 33.9 Å². The molecule has 0 aliphatic heterocycles. The summed E-state index contributed by atoms with van der Waals surface area (Å²) in [5, 5.41) is 16.8. The number of hydrogen-bond donors (Lipinski definition) is 2. The van der Waals surface area contributed by atoms with Crippen molar-refractivity contribution in [3.05, 3.63) is 0 Å². The van der Waals surface area contributed by atoms with Crippen molar-refractivity contribution in [2.75, 3.05) is 67.1 Å². The van der Waals surface area contributed by atoms with E-state index in [1.165, 1.54) is 0 Å². The number of methoxy groups -OCH3 is 1. The average Bonchev–Trinajstić information content (AvgIpc) is 2.68. The molecule has 0 aromatic rings. The first-order valence-electron chi connectivity index (χ1n) is 9.02. The molecule has 0 amide bonds. The fraction of sp³-hybridized carbons (Fsp3) is 1.00. The summed E-state index contributed by atoms with van der Waals surface area (Å²) < 4.78 is 105. The molecule has 0 heterocycles. The molecule has 0 radical (unpaired) electrons. The van der Waals surface area contributed by atoms with Crippen molar-refractivity contribution in [1.82, 2.24) is 0 Å². The molecule has 0 fully saturated rings. The van der Waals surface area contributed by atoms with Gasteiger partial charge in [-0.25, -0.2) is 8.78 Å². The largest absolute Gasteiger partial charge is 0.422 e. The van der Waals surface area contributed by atoms with E-state index in [0.29, 0.717) is 27.1 Å². The second kappa shape index (κ2) is 16.0. The van der Waals surface area contributed by atoms with Crippen LogP contribution in [-0.4, -0.2) is 101 Å². The molecule has 2 N–H and O–H groups in total. The van der Waals surface area contributed by atoms with Crippen molar-refractivity contribution in [2.45, 2.75) is 44.1 Å². The van der Waals surface area contributed by atoms with Gasteiger partial charge >= 0.3 is 12.0 Å². The third kappa shape index (κ3) is 12.2. The standard InChI is InChI=1S/C9H20O7.C8H12F6O/c10-1-3-12-7-14-5-6-15-9-16-8-13-4-2-11;1-5(2,9)6(3,10)7(11,12)8(13,14)15-4/h10-11H,1-9H2;1-4H3. The van der Waals surface area contributed by atoms with Gasteiger partial charge in [-0.2, -0.15) is 17.6 Å². The third-order valence-corrected chi connectivity index (χ3v) is 3.67. The lowest BCUT2D eigenvalue weighted by atomic mass is 9.84. The van der Waals surface area contributed by atoms with Crippen LogP contribution < -0.4 is 0 Å². The Balaban J connectivity index is 0. The van der Waals surface area contributed by atoms with Gasteiger partial charge in [0.2, 0.25) is 5.67 Å². The lowest BCUT2D eigenvalue weighted by molar-refractivity contribution is -0.380. The van der Waals surface area contributed by atoms with Crippen molar-refractivity contribution >= 4 is 0 Å². The lowest BCUT2D eigenvalue weighted by Gasteiger charge is -2.39. The Kier molecular flexibility index (Phi) is 16.7. The van der Waals surface area contributed by atoms with Gasteiger partial charge in [0.15, 0.2) is 0 Å². The van der Waals surface area contributed by atoms with E-state index in [2.05, 4.69) is 4.74 Å². The van der Waals surface area contributed by atoms with E-state index in [0.717, 1.165) is 0 Å². The summed E-state index contributed by atoms with van der Waals surface area (Å²) in [6.45, 7) is 2.61. The van der Waals surface area contributed by atoms with E-state index < -0.39 is 23.4 Å². The van der Waals surface area contributed by atoms with Gasteiger partial charge in [0.25, 0.3) is 0 Å². The van der Waals surface area contributed by atoms with Crippen LogP contribution in [0.1, 0.15) is 20.8 Å². The summed E-state index contributed by atoms with van der Waals surface area (Å²) in [5.41, 5.74) is -7.20. The Bertz CT molecular complexity index is 421. The zero-order valence-corrected chi connectivity index (χ0v) is 18.0. The maximum Gasteiger partial charge on any atom is 0.422 e. The van der Waals surface area contributed by atoms with Gasteiger partial charge in [-0.05, 0) is 20.8 Å². The second-order valence-electron chi connectivity index (χ2n) is 6.41. The SMILES string of the molecule is COC(F)(F)C(F)(F)C(C)(F)C(C)(C)F.OCCOCOCCOCOCOCCO. The predicted octanol–water partition coefficient (Wildman–Crippen LogP) is 2.26. The van der Waals surface area contributed by atoms with Crippen molar-refractivity contribution in [3.63, 3.8) is 0 Å². The number of alkyl halides is 6. The van der Waals surface area contributed by atoms with Crippen LogP contribution in [0.3, 0.4) is 0 Å². The van der Waals surface area contributed by atoms with Crippen LogP contribution in [0.5, 0.6) is 0 Å². The lowest BCUT2D eigenvalue weighted by Crippen LogP contribution is -2.63. The van der Waals surface area contributed by atoms with Crippen LogP contribution in [-0.2, 0) is 28.4 Å². The second-order valence-corrected chi connectivity index (χ2v) is 6.41. The zero-order valence-electron chi connectivity index (χ0n) is 18.0. The minimum atomic E-state index is -5.27. The van der Waals surface area contributed by atoms with Crippen LogP contribution in [0.25, 0.3) is 0 Å². The number of rotatable bonds is 17. The predicted molar refractivity (Wildman–Crippen MR) is 95.3 cm³/mol. The summed E-state index contributed by atoms with van der Waals surface area (Å²) in [5.74, 6) is -5.27. The van der Waals surface area contributed by atoms with Gasteiger partial charge in [-0.1, -0.05) is 0 Å². The van der Waals surface area contributed by atoms with Crippen LogP contribution in [0, 0.1) is 0 Å². The first-order chi connectivity index (χ1) is 14.2. The van der Waals surface area contributed by atoms with Gasteiger partial charge < -0.3 is 38.6 Å². The number of halogens is 6. The van der Waals surface area contributed by atoms with Gasteiger partial charge in [0.05, 0.1) is 39.6 Å². The summed E-state index contributed by atoms with van der Waals surface area (Å²) in [4.78, 5) is 0. The van der Waals surface area contributed by atoms with Crippen LogP contribution in [0.2, 0.25) is 0 Å². The highest BCUT2D eigenvalue weighted by atomic mass is 19.3. The Morgan fingerprint density at radius 3 is 1.29 bits per heavy atom. The molecule has 190 valence electrons. The Hall–Kier alpha value is -0.740. The maximum absolute atomic E-state index is 13.4. The first-order valence-corrected chi connectivity index (χ1v) is 9.02. The quantitative estimate of drug-likeness (QED) is 0.187. The molecule has 0 aliphatic rings. The molecule has 0 saturated carbocycles. The minimum Gasteiger partial charge on any atom is -0.394 e. The molecule has 0 aliphatic carbocycles. The summed E-state index contributed by atoms with van der Waals surface area (Å²) in [6, 6.07) is 0. The van der Waals surface area contributed by atoms with Gasteiger partial charge in [0, 0.05) is 7.11 Å². The Morgan fingerprint density at radius 2 is 0.968 bits per heavy atom. The van der Waals surface area contributed by atoms with E-state index in [1.807, 2.05) is 0 Å². The molecule has 0 spiro atoms. The number of aliphatic hydroxyl groups excluding tert-OH is 2. The Morgan fingerprint density at radius 1 is 0.613 bits per heavy atom. The highest BCUT2D eigenvalue weighted by Gasteiger charge is 2.74. The molecule has 0 bridgehead atoms. The minimum absolute atomic E-state index is 0.0124. The third-order valence-electron chi connectivity index (χ3n) is 3.67. The molecule has 0 aromatic heterocycles. The van der Waals surface area contributed by atoms with Gasteiger partial charge in [0.1, 0.15) is 26.0 Å². The normalized spacial score (nSPS) is 14.7. The van der Waals surface area contributed by atoms with Crippen molar-refractivity contribution in [3.8, 4) is 0 Å².